The Kier molecular flexibility index (Phi) is 2.14. The van der Waals surface area contributed by atoms with E-state index in [9.17, 15) is 4.79 Å². The molecule has 0 spiro atoms. The van der Waals surface area contributed by atoms with Crippen LogP contribution in [0, 0.1) is 0 Å². The summed E-state index contributed by atoms with van der Waals surface area (Å²) < 4.78 is 0. The minimum Gasteiger partial charge on any atom is -0.382 e. The first-order valence-corrected chi connectivity index (χ1v) is 4.94. The normalized spacial score (nSPS) is 20.2. The third kappa shape index (κ3) is 1.62. The standard InChI is InChI=1S/C9H10N2OS/c10-9(12)8-5-11-6-3-1-2-4-7(6)13-8/h1-4,8,11H,5H2,(H2,10,12)/t8-/m1/s1. The zero-order chi connectivity index (χ0) is 9.26. The van der Waals surface area contributed by atoms with Gasteiger partial charge in [0.25, 0.3) is 0 Å². The Morgan fingerprint density at radius 3 is 3.08 bits per heavy atom. The zero-order valence-electron chi connectivity index (χ0n) is 6.99. The van der Waals surface area contributed by atoms with E-state index in [1.165, 1.54) is 11.8 Å². The third-order valence-electron chi connectivity index (χ3n) is 1.95. The molecule has 0 bridgehead atoms. The monoisotopic (exact) mass is 194 g/mol. The van der Waals surface area contributed by atoms with Gasteiger partial charge in [0.05, 0.1) is 0 Å². The number of anilines is 1. The van der Waals surface area contributed by atoms with Crippen molar-refractivity contribution in [3.8, 4) is 0 Å². The fourth-order valence-electron chi connectivity index (χ4n) is 1.27. The molecule has 68 valence electrons. The van der Waals surface area contributed by atoms with E-state index in [1.54, 1.807) is 0 Å². The molecule has 0 aromatic heterocycles. The van der Waals surface area contributed by atoms with Crippen molar-refractivity contribution in [1.29, 1.82) is 0 Å². The quantitative estimate of drug-likeness (QED) is 0.702. The first-order valence-electron chi connectivity index (χ1n) is 4.06. The second kappa shape index (κ2) is 3.30. The van der Waals surface area contributed by atoms with Gasteiger partial charge in [0.15, 0.2) is 0 Å². The van der Waals surface area contributed by atoms with E-state index in [2.05, 4.69) is 5.32 Å². The molecule has 0 saturated heterocycles. The van der Waals surface area contributed by atoms with E-state index in [0.717, 1.165) is 10.6 Å². The predicted molar refractivity (Wildman–Crippen MR) is 53.8 cm³/mol. The molecule has 1 atom stereocenters. The molecule has 0 aliphatic carbocycles. The first-order chi connectivity index (χ1) is 6.27. The van der Waals surface area contributed by atoms with Crippen molar-refractivity contribution in [3.63, 3.8) is 0 Å². The fourth-order valence-corrected chi connectivity index (χ4v) is 2.29. The number of carbonyl (C=O) groups is 1. The minimum atomic E-state index is -0.257. The molecule has 0 saturated carbocycles. The van der Waals surface area contributed by atoms with Gasteiger partial charge in [-0.2, -0.15) is 0 Å². The number of hydrogen-bond acceptors (Lipinski definition) is 3. The van der Waals surface area contributed by atoms with Crippen LogP contribution in [0.1, 0.15) is 0 Å². The van der Waals surface area contributed by atoms with Gasteiger partial charge in [0.2, 0.25) is 5.91 Å². The maximum Gasteiger partial charge on any atom is 0.232 e. The molecule has 1 amide bonds. The molecule has 1 aromatic rings. The van der Waals surface area contributed by atoms with Crippen LogP contribution < -0.4 is 11.1 Å². The van der Waals surface area contributed by atoms with E-state index in [4.69, 9.17) is 5.73 Å². The van der Waals surface area contributed by atoms with Crippen LogP contribution in [0.4, 0.5) is 5.69 Å². The second-order valence-corrected chi connectivity index (χ2v) is 4.13. The molecule has 1 aromatic carbocycles. The van der Waals surface area contributed by atoms with Gasteiger partial charge < -0.3 is 11.1 Å². The summed E-state index contributed by atoms with van der Waals surface area (Å²) in [6, 6.07) is 7.91. The lowest BCUT2D eigenvalue weighted by molar-refractivity contribution is -0.117. The minimum absolute atomic E-state index is 0.144. The summed E-state index contributed by atoms with van der Waals surface area (Å²) in [6.07, 6.45) is 0. The van der Waals surface area contributed by atoms with Crippen molar-refractivity contribution in [2.45, 2.75) is 10.1 Å². The van der Waals surface area contributed by atoms with E-state index in [-0.39, 0.29) is 11.2 Å². The Morgan fingerprint density at radius 1 is 1.54 bits per heavy atom. The molecule has 3 N–H and O–H groups in total. The molecule has 4 heteroatoms. The van der Waals surface area contributed by atoms with Gasteiger partial charge in [-0.3, -0.25) is 4.79 Å². The summed E-state index contributed by atoms with van der Waals surface area (Å²) in [7, 11) is 0. The molecule has 0 fully saturated rings. The summed E-state index contributed by atoms with van der Waals surface area (Å²) in [5, 5.41) is 3.03. The van der Waals surface area contributed by atoms with Gasteiger partial charge >= 0.3 is 0 Å². The van der Waals surface area contributed by atoms with Crippen LogP contribution in [0.15, 0.2) is 29.2 Å². The van der Waals surface area contributed by atoms with Gasteiger partial charge in [-0.25, -0.2) is 0 Å². The number of para-hydroxylation sites is 1. The van der Waals surface area contributed by atoms with Crippen molar-refractivity contribution in [3.05, 3.63) is 24.3 Å². The lowest BCUT2D eigenvalue weighted by atomic mass is 10.3. The Morgan fingerprint density at radius 2 is 2.31 bits per heavy atom. The van der Waals surface area contributed by atoms with Gasteiger partial charge in [0, 0.05) is 17.1 Å². The molecule has 1 heterocycles. The highest BCUT2D eigenvalue weighted by Crippen LogP contribution is 2.34. The highest BCUT2D eigenvalue weighted by Gasteiger charge is 2.22. The summed E-state index contributed by atoms with van der Waals surface area (Å²) in [6.45, 7) is 0.622. The molecule has 0 radical (unpaired) electrons. The molecule has 1 aliphatic rings. The number of nitrogens with one attached hydrogen (secondary N) is 1. The number of carbonyl (C=O) groups excluding carboxylic acids is 1. The summed E-state index contributed by atoms with van der Waals surface area (Å²) >= 11 is 1.53. The molecular weight excluding hydrogens is 184 g/mol. The van der Waals surface area contributed by atoms with E-state index < -0.39 is 0 Å². The number of benzene rings is 1. The first kappa shape index (κ1) is 8.44. The van der Waals surface area contributed by atoms with Crippen molar-refractivity contribution < 1.29 is 4.79 Å². The van der Waals surface area contributed by atoms with Crippen LogP contribution in [0.3, 0.4) is 0 Å². The van der Waals surface area contributed by atoms with Gasteiger partial charge in [-0.15, -0.1) is 11.8 Å². The number of hydrogen-bond donors (Lipinski definition) is 2. The molecular formula is C9H10N2OS. The Balaban J connectivity index is 2.24. The fraction of sp³-hybridized carbons (Fsp3) is 0.222. The highest BCUT2D eigenvalue weighted by atomic mass is 32.2. The number of thioether (sulfide) groups is 1. The molecule has 1 aliphatic heterocycles. The van der Waals surface area contributed by atoms with Crippen LogP contribution >= 0.6 is 11.8 Å². The van der Waals surface area contributed by atoms with Crippen LogP contribution in [0.25, 0.3) is 0 Å². The van der Waals surface area contributed by atoms with Gasteiger partial charge in [0.1, 0.15) is 5.25 Å². The molecule has 3 nitrogen and oxygen atoms in total. The average molecular weight is 194 g/mol. The summed E-state index contributed by atoms with van der Waals surface area (Å²) in [4.78, 5) is 12.0. The van der Waals surface area contributed by atoms with Crippen LogP contribution in [0.2, 0.25) is 0 Å². The zero-order valence-corrected chi connectivity index (χ0v) is 7.80. The predicted octanol–water partition coefficient (Wildman–Crippen LogP) is 1.06. The molecule has 2 rings (SSSR count). The molecule has 0 unspecified atom stereocenters. The number of fused-ring (bicyclic) bond motifs is 1. The Labute approximate surface area is 80.7 Å². The number of nitrogens with two attached hydrogens (primary N) is 1. The van der Waals surface area contributed by atoms with Gasteiger partial charge in [-0.05, 0) is 12.1 Å². The van der Waals surface area contributed by atoms with Crippen LogP contribution in [0.5, 0.6) is 0 Å². The van der Waals surface area contributed by atoms with Crippen molar-refractivity contribution in [1.82, 2.24) is 0 Å². The van der Waals surface area contributed by atoms with Crippen LogP contribution in [-0.4, -0.2) is 17.7 Å². The maximum atomic E-state index is 10.9. The third-order valence-corrected chi connectivity index (χ3v) is 3.24. The van der Waals surface area contributed by atoms with E-state index in [0.29, 0.717) is 6.54 Å². The van der Waals surface area contributed by atoms with Crippen molar-refractivity contribution in [2.75, 3.05) is 11.9 Å². The van der Waals surface area contributed by atoms with Gasteiger partial charge in [-0.1, -0.05) is 12.1 Å². The van der Waals surface area contributed by atoms with E-state index >= 15 is 0 Å². The van der Waals surface area contributed by atoms with E-state index in [1.807, 2.05) is 24.3 Å². The smallest absolute Gasteiger partial charge is 0.232 e. The topological polar surface area (TPSA) is 55.1 Å². The SMILES string of the molecule is NC(=O)[C@H]1CNc2ccccc2S1. The second-order valence-electron chi connectivity index (χ2n) is 2.89. The summed E-state index contributed by atoms with van der Waals surface area (Å²) in [5.41, 5.74) is 6.31. The highest BCUT2D eigenvalue weighted by molar-refractivity contribution is 8.00. The largest absolute Gasteiger partial charge is 0.382 e. The van der Waals surface area contributed by atoms with Crippen molar-refractivity contribution >= 4 is 23.4 Å². The average Bonchev–Trinajstić information content (AvgIpc) is 2.17. The Bertz CT molecular complexity index is 340. The summed E-state index contributed by atoms with van der Waals surface area (Å²) in [5.74, 6) is -0.257. The lowest BCUT2D eigenvalue weighted by Gasteiger charge is -2.22. The Hall–Kier alpha value is -1.16. The maximum absolute atomic E-state index is 10.9. The number of primary amides is 1. The lowest BCUT2D eigenvalue weighted by Crippen LogP contribution is -2.34. The number of amides is 1. The van der Waals surface area contributed by atoms with Crippen molar-refractivity contribution in [2.24, 2.45) is 5.73 Å². The van der Waals surface area contributed by atoms with Crippen LogP contribution in [-0.2, 0) is 4.79 Å². The number of rotatable bonds is 1. The molecule has 13 heavy (non-hydrogen) atoms.